The molecule has 1 saturated heterocycles. The van der Waals surface area contributed by atoms with Gasteiger partial charge in [-0.25, -0.2) is 0 Å². The standard InChI is InChI=1S/C18H28N4O3.HI/c1-20-18(22-10-3-4-14(13-22)12-17(19)23)21-9-11-25-16-7-5-15(24-2)6-8-16;/h5-8,14H,3-4,9-13H2,1-2H3,(H2,19,23)(H,20,21);1H. The fourth-order valence-corrected chi connectivity index (χ4v) is 3.04. The highest BCUT2D eigenvalue weighted by atomic mass is 127. The van der Waals surface area contributed by atoms with Gasteiger partial charge in [-0.05, 0) is 43.0 Å². The summed E-state index contributed by atoms with van der Waals surface area (Å²) < 4.78 is 10.8. The van der Waals surface area contributed by atoms with Crippen LogP contribution in [0, 0.1) is 5.92 Å². The highest BCUT2D eigenvalue weighted by molar-refractivity contribution is 14.0. The van der Waals surface area contributed by atoms with Crippen molar-refractivity contribution >= 4 is 35.8 Å². The first kappa shape index (κ1) is 22.3. The summed E-state index contributed by atoms with van der Waals surface area (Å²) in [4.78, 5) is 17.7. The Hall–Kier alpha value is -1.71. The van der Waals surface area contributed by atoms with Gasteiger partial charge in [-0.15, -0.1) is 24.0 Å². The number of piperidine rings is 1. The summed E-state index contributed by atoms with van der Waals surface area (Å²) in [5.41, 5.74) is 5.32. The largest absolute Gasteiger partial charge is 0.497 e. The van der Waals surface area contributed by atoms with Gasteiger partial charge in [0.15, 0.2) is 5.96 Å². The predicted octanol–water partition coefficient (Wildman–Crippen LogP) is 1.85. The summed E-state index contributed by atoms with van der Waals surface area (Å²) in [6.07, 6.45) is 2.52. The number of hydrogen-bond acceptors (Lipinski definition) is 4. The minimum atomic E-state index is -0.234. The summed E-state index contributed by atoms with van der Waals surface area (Å²) in [5.74, 6) is 2.52. The lowest BCUT2D eigenvalue weighted by molar-refractivity contribution is -0.119. The number of nitrogens with zero attached hydrogens (tertiary/aromatic N) is 2. The monoisotopic (exact) mass is 476 g/mol. The Morgan fingerprint density at radius 1 is 1.35 bits per heavy atom. The summed E-state index contributed by atoms with van der Waals surface area (Å²) in [5, 5.41) is 3.32. The van der Waals surface area contributed by atoms with Crippen molar-refractivity contribution in [2.24, 2.45) is 16.6 Å². The Labute approximate surface area is 172 Å². The number of nitrogens with two attached hydrogens (primary N) is 1. The summed E-state index contributed by atoms with van der Waals surface area (Å²) in [7, 11) is 3.41. The zero-order chi connectivity index (χ0) is 18.1. The van der Waals surface area contributed by atoms with Crippen LogP contribution in [-0.2, 0) is 4.79 Å². The van der Waals surface area contributed by atoms with Gasteiger partial charge in [-0.1, -0.05) is 0 Å². The van der Waals surface area contributed by atoms with E-state index in [1.807, 2.05) is 24.3 Å². The highest BCUT2D eigenvalue weighted by Crippen LogP contribution is 2.19. The zero-order valence-electron chi connectivity index (χ0n) is 15.4. The van der Waals surface area contributed by atoms with E-state index >= 15 is 0 Å². The first-order valence-electron chi connectivity index (χ1n) is 8.63. The van der Waals surface area contributed by atoms with Crippen molar-refractivity contribution in [1.29, 1.82) is 0 Å². The number of guanidine groups is 1. The van der Waals surface area contributed by atoms with Gasteiger partial charge >= 0.3 is 0 Å². The minimum Gasteiger partial charge on any atom is -0.497 e. The van der Waals surface area contributed by atoms with E-state index in [1.54, 1.807) is 14.2 Å². The highest BCUT2D eigenvalue weighted by Gasteiger charge is 2.23. The van der Waals surface area contributed by atoms with Gasteiger partial charge in [-0.2, -0.15) is 0 Å². The number of ether oxygens (including phenoxy) is 2. The second-order valence-electron chi connectivity index (χ2n) is 6.12. The summed E-state index contributed by atoms with van der Waals surface area (Å²) >= 11 is 0. The number of nitrogens with one attached hydrogen (secondary N) is 1. The molecule has 7 nitrogen and oxygen atoms in total. The number of likely N-dealkylation sites (tertiary alicyclic amines) is 1. The quantitative estimate of drug-likeness (QED) is 0.272. The van der Waals surface area contributed by atoms with E-state index in [9.17, 15) is 4.79 Å². The van der Waals surface area contributed by atoms with Crippen molar-refractivity contribution in [2.75, 3.05) is 40.4 Å². The van der Waals surface area contributed by atoms with Crippen LogP contribution < -0.4 is 20.5 Å². The normalized spacial score (nSPS) is 17.2. The smallest absolute Gasteiger partial charge is 0.217 e. The maximum absolute atomic E-state index is 11.1. The van der Waals surface area contributed by atoms with E-state index in [0.717, 1.165) is 43.4 Å². The zero-order valence-corrected chi connectivity index (χ0v) is 17.8. The lowest BCUT2D eigenvalue weighted by atomic mass is 9.95. The van der Waals surface area contributed by atoms with Crippen LogP contribution in [0.3, 0.4) is 0 Å². The summed E-state index contributed by atoms with van der Waals surface area (Å²) in [6.45, 7) is 2.93. The number of carbonyl (C=O) groups excluding carboxylic acids is 1. The van der Waals surface area contributed by atoms with Crippen LogP contribution in [0.25, 0.3) is 0 Å². The van der Waals surface area contributed by atoms with Crippen molar-refractivity contribution < 1.29 is 14.3 Å². The number of halogens is 1. The molecule has 26 heavy (non-hydrogen) atoms. The molecule has 2 rings (SSSR count). The SMILES string of the molecule is CN=C(NCCOc1ccc(OC)cc1)N1CCCC(CC(N)=O)C1.I. The molecule has 1 heterocycles. The van der Waals surface area contributed by atoms with Crippen LogP contribution in [0.5, 0.6) is 11.5 Å². The van der Waals surface area contributed by atoms with Gasteiger partial charge < -0.3 is 25.4 Å². The van der Waals surface area contributed by atoms with Crippen LogP contribution >= 0.6 is 24.0 Å². The molecule has 1 atom stereocenters. The van der Waals surface area contributed by atoms with Crippen LogP contribution in [-0.4, -0.2) is 57.2 Å². The van der Waals surface area contributed by atoms with Crippen LogP contribution in [0.15, 0.2) is 29.3 Å². The van der Waals surface area contributed by atoms with Gasteiger partial charge in [0.1, 0.15) is 18.1 Å². The number of carbonyl (C=O) groups is 1. The number of primary amides is 1. The third-order valence-electron chi connectivity index (χ3n) is 4.23. The molecule has 1 fully saturated rings. The molecule has 1 unspecified atom stereocenters. The predicted molar refractivity (Wildman–Crippen MR) is 113 cm³/mol. The molecule has 0 spiro atoms. The molecule has 1 amide bonds. The van der Waals surface area contributed by atoms with E-state index in [1.165, 1.54) is 0 Å². The molecule has 8 heteroatoms. The number of amides is 1. The van der Waals surface area contributed by atoms with Crippen LogP contribution in [0.4, 0.5) is 0 Å². The van der Waals surface area contributed by atoms with Gasteiger partial charge in [0.25, 0.3) is 0 Å². The molecular weight excluding hydrogens is 447 g/mol. The van der Waals surface area contributed by atoms with Crippen molar-refractivity contribution in [3.8, 4) is 11.5 Å². The van der Waals surface area contributed by atoms with Crippen molar-refractivity contribution in [3.63, 3.8) is 0 Å². The molecule has 1 aliphatic rings. The van der Waals surface area contributed by atoms with Crippen molar-refractivity contribution in [2.45, 2.75) is 19.3 Å². The molecule has 0 bridgehead atoms. The number of benzene rings is 1. The molecule has 0 aromatic heterocycles. The third-order valence-corrected chi connectivity index (χ3v) is 4.23. The topological polar surface area (TPSA) is 89.2 Å². The van der Waals surface area contributed by atoms with Crippen molar-refractivity contribution in [3.05, 3.63) is 24.3 Å². The van der Waals surface area contributed by atoms with E-state index < -0.39 is 0 Å². The number of aliphatic imine (C=N–C) groups is 1. The van der Waals surface area contributed by atoms with Gasteiger partial charge in [0, 0.05) is 26.6 Å². The molecule has 3 N–H and O–H groups in total. The van der Waals surface area contributed by atoms with Crippen LogP contribution in [0.2, 0.25) is 0 Å². The van der Waals surface area contributed by atoms with E-state index in [0.29, 0.717) is 25.5 Å². The fourth-order valence-electron chi connectivity index (χ4n) is 3.04. The lowest BCUT2D eigenvalue weighted by Crippen LogP contribution is -2.48. The van der Waals surface area contributed by atoms with E-state index in [-0.39, 0.29) is 29.9 Å². The third kappa shape index (κ3) is 7.27. The molecule has 0 aliphatic carbocycles. The van der Waals surface area contributed by atoms with E-state index in [4.69, 9.17) is 15.2 Å². The average Bonchev–Trinajstić information content (AvgIpc) is 2.62. The van der Waals surface area contributed by atoms with E-state index in [2.05, 4.69) is 15.2 Å². The Morgan fingerprint density at radius 2 is 2.04 bits per heavy atom. The first-order chi connectivity index (χ1) is 12.1. The Balaban J connectivity index is 0.00000338. The Kier molecular flexibility index (Phi) is 10.2. The Bertz CT molecular complexity index is 580. The molecule has 1 aromatic carbocycles. The number of hydrogen-bond donors (Lipinski definition) is 2. The second kappa shape index (κ2) is 11.8. The molecule has 1 aromatic rings. The summed E-state index contributed by atoms with van der Waals surface area (Å²) in [6, 6.07) is 7.50. The van der Waals surface area contributed by atoms with Gasteiger partial charge in [0.05, 0.1) is 13.7 Å². The molecular formula is C18H29IN4O3. The maximum Gasteiger partial charge on any atom is 0.217 e. The number of methoxy groups -OCH3 is 1. The second-order valence-corrected chi connectivity index (χ2v) is 6.12. The van der Waals surface area contributed by atoms with Crippen LogP contribution in [0.1, 0.15) is 19.3 Å². The average molecular weight is 476 g/mol. The Morgan fingerprint density at radius 3 is 2.65 bits per heavy atom. The molecule has 146 valence electrons. The van der Waals surface area contributed by atoms with Gasteiger partial charge in [-0.3, -0.25) is 9.79 Å². The first-order valence-corrected chi connectivity index (χ1v) is 8.63. The maximum atomic E-state index is 11.1. The minimum absolute atomic E-state index is 0. The molecule has 1 aliphatic heterocycles. The fraction of sp³-hybridized carbons (Fsp3) is 0.556. The molecule has 0 saturated carbocycles. The van der Waals surface area contributed by atoms with Crippen molar-refractivity contribution in [1.82, 2.24) is 10.2 Å². The molecule has 0 radical (unpaired) electrons. The van der Waals surface area contributed by atoms with Gasteiger partial charge in [0.2, 0.25) is 5.91 Å². The lowest BCUT2D eigenvalue weighted by Gasteiger charge is -2.34. The number of rotatable bonds is 7.